The first-order valence-corrected chi connectivity index (χ1v) is 10.9. The second kappa shape index (κ2) is 9.18. The summed E-state index contributed by atoms with van der Waals surface area (Å²) in [6, 6.07) is 18.3. The van der Waals surface area contributed by atoms with E-state index in [1.54, 1.807) is 0 Å². The van der Waals surface area contributed by atoms with Crippen LogP contribution < -0.4 is 9.64 Å². The lowest BCUT2D eigenvalue weighted by atomic mass is 10.2. The summed E-state index contributed by atoms with van der Waals surface area (Å²) in [6.07, 6.45) is 2.84. The smallest absolute Gasteiger partial charge is 0.286 e. The van der Waals surface area contributed by atoms with Gasteiger partial charge in [-0.15, -0.1) is 0 Å². The molecule has 2 heterocycles. The molecule has 5 nitrogen and oxygen atoms in total. The van der Waals surface area contributed by atoms with Crippen LogP contribution in [0.3, 0.4) is 0 Å². The van der Waals surface area contributed by atoms with Gasteiger partial charge in [0.25, 0.3) is 5.91 Å². The van der Waals surface area contributed by atoms with Gasteiger partial charge in [0.2, 0.25) is 0 Å². The fraction of sp³-hybridized carbons (Fsp3) is 0.304. The second-order valence-electron chi connectivity index (χ2n) is 7.01. The molecule has 6 heteroatoms. The van der Waals surface area contributed by atoms with E-state index in [2.05, 4.69) is 46.0 Å². The van der Waals surface area contributed by atoms with Crippen molar-refractivity contribution in [2.75, 3.05) is 37.7 Å². The number of anilines is 1. The number of ether oxygens (including phenoxy) is 1. The first-order valence-electron chi connectivity index (χ1n) is 10.0. The van der Waals surface area contributed by atoms with E-state index < -0.39 is 0 Å². The Bertz CT molecular complexity index is 919. The molecular weight excluding hydrogens is 382 g/mol. The van der Waals surface area contributed by atoms with E-state index in [1.165, 1.54) is 17.4 Å². The molecule has 0 saturated carbocycles. The van der Waals surface area contributed by atoms with E-state index >= 15 is 0 Å². The monoisotopic (exact) mass is 407 g/mol. The Labute approximate surface area is 176 Å². The topological polar surface area (TPSA) is 45.1 Å². The number of thioether (sulfide) groups is 1. The predicted octanol–water partition coefficient (Wildman–Crippen LogP) is 4.27. The number of carbonyl (C=O) groups excluding carboxylic acids is 1. The molecule has 29 heavy (non-hydrogen) atoms. The van der Waals surface area contributed by atoms with E-state index in [4.69, 9.17) is 4.74 Å². The highest BCUT2D eigenvalue weighted by Gasteiger charge is 2.28. The Hall–Kier alpha value is -2.73. The van der Waals surface area contributed by atoms with Gasteiger partial charge in [-0.05, 0) is 42.5 Å². The van der Waals surface area contributed by atoms with Crippen molar-refractivity contribution in [3.05, 3.63) is 65.1 Å². The quantitative estimate of drug-likeness (QED) is 0.693. The van der Waals surface area contributed by atoms with Gasteiger partial charge in [-0.3, -0.25) is 4.79 Å². The van der Waals surface area contributed by atoms with Gasteiger partial charge < -0.3 is 14.5 Å². The van der Waals surface area contributed by atoms with Crippen LogP contribution in [0.2, 0.25) is 0 Å². The summed E-state index contributed by atoms with van der Waals surface area (Å²) in [5.41, 5.74) is 2.16. The summed E-state index contributed by atoms with van der Waals surface area (Å²) >= 11 is 1.46. The van der Waals surface area contributed by atoms with Crippen LogP contribution in [0.4, 0.5) is 5.69 Å². The van der Waals surface area contributed by atoms with Gasteiger partial charge in [-0.25, -0.2) is 0 Å². The van der Waals surface area contributed by atoms with Crippen LogP contribution in [0.5, 0.6) is 5.75 Å². The van der Waals surface area contributed by atoms with E-state index in [0.717, 1.165) is 49.1 Å². The van der Waals surface area contributed by atoms with E-state index in [1.807, 2.05) is 36.4 Å². The zero-order valence-electron chi connectivity index (χ0n) is 16.6. The van der Waals surface area contributed by atoms with Crippen LogP contribution in [0.15, 0.2) is 64.5 Å². The number of amides is 1. The van der Waals surface area contributed by atoms with Crippen LogP contribution in [-0.2, 0) is 4.79 Å². The van der Waals surface area contributed by atoms with Crippen molar-refractivity contribution in [2.24, 2.45) is 4.99 Å². The van der Waals surface area contributed by atoms with Crippen molar-refractivity contribution >= 4 is 34.6 Å². The minimum Gasteiger partial charge on any atom is -0.493 e. The molecule has 150 valence electrons. The second-order valence-corrected chi connectivity index (χ2v) is 8.02. The molecule has 2 aromatic carbocycles. The summed E-state index contributed by atoms with van der Waals surface area (Å²) in [5.74, 6) is 0.640. The lowest BCUT2D eigenvalue weighted by molar-refractivity contribution is -0.113. The van der Waals surface area contributed by atoms with Gasteiger partial charge >= 0.3 is 0 Å². The summed E-state index contributed by atoms with van der Waals surface area (Å²) in [7, 11) is 0. The first kappa shape index (κ1) is 19.6. The van der Waals surface area contributed by atoms with Gasteiger partial charge in [-0.2, -0.15) is 4.99 Å². The molecule has 2 aliphatic rings. The molecule has 0 spiro atoms. The average molecular weight is 408 g/mol. The summed E-state index contributed by atoms with van der Waals surface area (Å²) in [4.78, 5) is 22.0. The highest BCUT2D eigenvalue weighted by atomic mass is 32.2. The third kappa shape index (κ3) is 4.65. The van der Waals surface area contributed by atoms with E-state index in [0.29, 0.717) is 11.5 Å². The molecule has 0 atom stereocenters. The largest absolute Gasteiger partial charge is 0.493 e. The summed E-state index contributed by atoms with van der Waals surface area (Å²) < 4.78 is 5.81. The van der Waals surface area contributed by atoms with Gasteiger partial charge in [0.1, 0.15) is 5.75 Å². The normalized spacial score (nSPS) is 18.3. The number of aliphatic imine (C=N–C) groups is 1. The Morgan fingerprint density at radius 3 is 2.45 bits per heavy atom. The van der Waals surface area contributed by atoms with Gasteiger partial charge in [0.15, 0.2) is 5.17 Å². The third-order valence-electron chi connectivity index (χ3n) is 4.95. The standard InChI is InChI=1S/C23H25N3O2S/c1-2-16-28-20-11-7-6-8-18(20)17-21-22(27)24-23(29-21)26-14-12-25(13-15-26)19-9-4-3-5-10-19/h3-11,17H,2,12-16H2,1H3/b21-17-. The van der Waals surface area contributed by atoms with E-state index in [9.17, 15) is 4.79 Å². The number of rotatable bonds is 5. The molecule has 0 unspecified atom stereocenters. The molecule has 0 aromatic heterocycles. The molecule has 2 aliphatic heterocycles. The number of benzene rings is 2. The SMILES string of the molecule is CCCOc1ccccc1/C=C1\SC(N2CCN(c3ccccc3)CC2)=NC1=O. The number of hydrogen-bond acceptors (Lipinski definition) is 5. The lowest BCUT2D eigenvalue weighted by Gasteiger charge is -2.36. The lowest BCUT2D eigenvalue weighted by Crippen LogP contribution is -2.47. The van der Waals surface area contributed by atoms with Crippen molar-refractivity contribution in [2.45, 2.75) is 13.3 Å². The van der Waals surface area contributed by atoms with Crippen LogP contribution in [-0.4, -0.2) is 48.8 Å². The van der Waals surface area contributed by atoms with Crippen molar-refractivity contribution in [1.29, 1.82) is 0 Å². The van der Waals surface area contributed by atoms with Crippen LogP contribution in [0, 0.1) is 0 Å². The number of piperazine rings is 1. The van der Waals surface area contributed by atoms with Gasteiger partial charge in [0, 0.05) is 37.4 Å². The van der Waals surface area contributed by atoms with Gasteiger partial charge in [0.05, 0.1) is 11.5 Å². The molecule has 0 aliphatic carbocycles. The maximum atomic E-state index is 12.5. The molecule has 4 rings (SSSR count). The molecule has 0 bridgehead atoms. The van der Waals surface area contributed by atoms with Crippen LogP contribution in [0.1, 0.15) is 18.9 Å². The summed E-state index contributed by atoms with van der Waals surface area (Å²) in [6.45, 7) is 6.30. The number of para-hydroxylation sites is 2. The first-order chi connectivity index (χ1) is 14.2. The van der Waals surface area contributed by atoms with Crippen molar-refractivity contribution in [3.8, 4) is 5.75 Å². The minimum absolute atomic E-state index is 0.166. The Kier molecular flexibility index (Phi) is 6.20. The number of nitrogens with zero attached hydrogens (tertiary/aromatic N) is 3. The number of amidine groups is 1. The summed E-state index contributed by atoms with van der Waals surface area (Å²) in [5, 5.41) is 0.806. The maximum absolute atomic E-state index is 12.5. The van der Waals surface area contributed by atoms with Crippen molar-refractivity contribution < 1.29 is 9.53 Å². The zero-order chi connectivity index (χ0) is 20.1. The van der Waals surface area contributed by atoms with Crippen molar-refractivity contribution in [3.63, 3.8) is 0 Å². The number of carbonyl (C=O) groups is 1. The predicted molar refractivity (Wildman–Crippen MR) is 120 cm³/mol. The minimum atomic E-state index is -0.166. The molecular formula is C23H25N3O2S. The fourth-order valence-electron chi connectivity index (χ4n) is 3.41. The van der Waals surface area contributed by atoms with Crippen LogP contribution >= 0.6 is 11.8 Å². The van der Waals surface area contributed by atoms with Crippen LogP contribution in [0.25, 0.3) is 6.08 Å². The molecule has 1 saturated heterocycles. The molecule has 2 aromatic rings. The van der Waals surface area contributed by atoms with Crippen molar-refractivity contribution in [1.82, 2.24) is 4.90 Å². The average Bonchev–Trinajstić information content (AvgIpc) is 3.14. The number of hydrogen-bond donors (Lipinski definition) is 0. The Balaban J connectivity index is 1.41. The maximum Gasteiger partial charge on any atom is 0.286 e. The third-order valence-corrected chi connectivity index (χ3v) is 5.99. The highest BCUT2D eigenvalue weighted by molar-refractivity contribution is 8.18. The molecule has 0 N–H and O–H groups in total. The fourth-order valence-corrected chi connectivity index (χ4v) is 4.37. The molecule has 0 radical (unpaired) electrons. The molecule has 1 amide bonds. The molecule has 1 fully saturated rings. The Morgan fingerprint density at radius 1 is 1.00 bits per heavy atom. The zero-order valence-corrected chi connectivity index (χ0v) is 17.4. The van der Waals surface area contributed by atoms with E-state index in [-0.39, 0.29) is 5.91 Å². The Morgan fingerprint density at radius 2 is 1.69 bits per heavy atom. The van der Waals surface area contributed by atoms with Gasteiger partial charge in [-0.1, -0.05) is 43.3 Å². The highest BCUT2D eigenvalue weighted by Crippen LogP contribution is 2.33.